The molecule has 0 aliphatic carbocycles. The minimum absolute atomic E-state index is 0.171. The van der Waals surface area contributed by atoms with Crippen molar-refractivity contribution in [3.05, 3.63) is 89.9 Å². The van der Waals surface area contributed by atoms with Gasteiger partial charge in [0.15, 0.2) is 5.76 Å². The highest BCUT2D eigenvalue weighted by molar-refractivity contribution is 6.04. The number of anilines is 1. The first-order valence-electron chi connectivity index (χ1n) is 8.33. The van der Waals surface area contributed by atoms with E-state index in [0.29, 0.717) is 17.0 Å². The number of carbonyl (C=O) groups excluding carboxylic acids is 2. The highest BCUT2D eigenvalue weighted by atomic mass is 16.3. The molecule has 1 atom stereocenters. The van der Waals surface area contributed by atoms with Crippen LogP contribution < -0.4 is 5.32 Å². The van der Waals surface area contributed by atoms with Gasteiger partial charge < -0.3 is 14.6 Å². The van der Waals surface area contributed by atoms with Crippen molar-refractivity contribution in [3.63, 3.8) is 0 Å². The highest BCUT2D eigenvalue weighted by Gasteiger charge is 2.21. The van der Waals surface area contributed by atoms with Crippen molar-refractivity contribution in [3.8, 4) is 0 Å². The molecule has 0 radical (unpaired) electrons. The van der Waals surface area contributed by atoms with Gasteiger partial charge in [-0.1, -0.05) is 30.3 Å². The maximum absolute atomic E-state index is 12.4. The van der Waals surface area contributed by atoms with Gasteiger partial charge in [0.25, 0.3) is 11.8 Å². The van der Waals surface area contributed by atoms with Crippen LogP contribution in [0, 0.1) is 0 Å². The molecule has 5 nitrogen and oxygen atoms in total. The molecule has 0 bridgehead atoms. The lowest BCUT2D eigenvalue weighted by Gasteiger charge is -2.25. The molecule has 0 aliphatic rings. The van der Waals surface area contributed by atoms with E-state index >= 15 is 0 Å². The van der Waals surface area contributed by atoms with E-state index in [9.17, 15) is 9.59 Å². The zero-order valence-corrected chi connectivity index (χ0v) is 14.7. The number of carbonyl (C=O) groups is 2. The predicted octanol–water partition coefficient (Wildman–Crippen LogP) is 4.37. The fourth-order valence-electron chi connectivity index (χ4n) is 2.64. The fraction of sp³-hybridized carbons (Fsp3) is 0.143. The Morgan fingerprint density at radius 1 is 1.00 bits per heavy atom. The van der Waals surface area contributed by atoms with Crippen LogP contribution in [-0.4, -0.2) is 23.8 Å². The fourth-order valence-corrected chi connectivity index (χ4v) is 2.64. The van der Waals surface area contributed by atoms with E-state index in [2.05, 4.69) is 5.32 Å². The monoisotopic (exact) mass is 348 g/mol. The minimum atomic E-state index is -0.193. The lowest BCUT2D eigenvalue weighted by molar-refractivity contribution is 0.0710. The van der Waals surface area contributed by atoms with E-state index in [1.54, 1.807) is 36.2 Å². The largest absolute Gasteiger partial charge is 0.459 e. The highest BCUT2D eigenvalue weighted by Crippen LogP contribution is 2.24. The average molecular weight is 348 g/mol. The Morgan fingerprint density at radius 3 is 2.46 bits per heavy atom. The lowest BCUT2D eigenvalue weighted by atomic mass is 10.1. The number of rotatable bonds is 5. The average Bonchev–Trinajstić information content (AvgIpc) is 3.22. The third-order valence-corrected chi connectivity index (χ3v) is 4.30. The van der Waals surface area contributed by atoms with Crippen molar-refractivity contribution in [1.82, 2.24) is 4.90 Å². The number of benzene rings is 2. The van der Waals surface area contributed by atoms with Crippen LogP contribution >= 0.6 is 0 Å². The first kappa shape index (κ1) is 17.5. The van der Waals surface area contributed by atoms with Crippen molar-refractivity contribution in [2.45, 2.75) is 13.0 Å². The van der Waals surface area contributed by atoms with Gasteiger partial charge in [-0.05, 0) is 48.9 Å². The van der Waals surface area contributed by atoms with Crippen molar-refractivity contribution in [2.75, 3.05) is 12.4 Å². The molecule has 3 rings (SSSR count). The molecule has 1 N–H and O–H groups in total. The van der Waals surface area contributed by atoms with Crippen LogP contribution in [-0.2, 0) is 0 Å². The van der Waals surface area contributed by atoms with Gasteiger partial charge in [-0.25, -0.2) is 0 Å². The van der Waals surface area contributed by atoms with Crippen LogP contribution in [0.1, 0.15) is 39.4 Å². The molecule has 1 aromatic heterocycles. The molecule has 3 aromatic rings. The summed E-state index contributed by atoms with van der Waals surface area (Å²) in [5.41, 5.74) is 2.19. The van der Waals surface area contributed by atoms with Crippen LogP contribution in [0.3, 0.4) is 0 Å². The van der Waals surface area contributed by atoms with E-state index in [4.69, 9.17) is 4.42 Å². The van der Waals surface area contributed by atoms with Gasteiger partial charge in [-0.15, -0.1) is 0 Å². The van der Waals surface area contributed by atoms with Crippen LogP contribution in [0.25, 0.3) is 0 Å². The molecule has 5 heteroatoms. The lowest BCUT2D eigenvalue weighted by Crippen LogP contribution is -2.29. The topological polar surface area (TPSA) is 62.6 Å². The minimum Gasteiger partial charge on any atom is -0.459 e. The second-order valence-corrected chi connectivity index (χ2v) is 6.01. The molecule has 0 saturated heterocycles. The molecule has 1 heterocycles. The maximum Gasteiger partial charge on any atom is 0.289 e. The molecule has 26 heavy (non-hydrogen) atoms. The summed E-state index contributed by atoms with van der Waals surface area (Å²) >= 11 is 0. The van der Waals surface area contributed by atoms with Crippen molar-refractivity contribution >= 4 is 17.5 Å². The summed E-state index contributed by atoms with van der Waals surface area (Å²) in [5, 5.41) is 2.89. The van der Waals surface area contributed by atoms with Crippen LogP contribution in [0.5, 0.6) is 0 Å². The zero-order valence-electron chi connectivity index (χ0n) is 14.7. The van der Waals surface area contributed by atoms with Gasteiger partial charge in [0, 0.05) is 18.3 Å². The van der Waals surface area contributed by atoms with E-state index < -0.39 is 0 Å². The first-order valence-corrected chi connectivity index (χ1v) is 8.33. The molecule has 2 aromatic carbocycles. The Balaban J connectivity index is 1.74. The van der Waals surface area contributed by atoms with Gasteiger partial charge in [0.1, 0.15) is 0 Å². The van der Waals surface area contributed by atoms with E-state index in [0.717, 1.165) is 5.56 Å². The summed E-state index contributed by atoms with van der Waals surface area (Å²) < 4.78 is 5.18. The maximum atomic E-state index is 12.4. The summed E-state index contributed by atoms with van der Waals surface area (Å²) in [6.07, 6.45) is 1.48. The second-order valence-electron chi connectivity index (χ2n) is 6.01. The van der Waals surface area contributed by atoms with Gasteiger partial charge in [0.05, 0.1) is 12.3 Å². The normalized spacial score (nSPS) is 11.6. The van der Waals surface area contributed by atoms with Gasteiger partial charge in [0.2, 0.25) is 0 Å². The quantitative estimate of drug-likeness (QED) is 0.745. The molecular weight excluding hydrogens is 328 g/mol. The number of furan rings is 1. The standard InChI is InChI=1S/C21H20N2O3/c1-15(23(2)21(25)19-12-7-13-26-19)17-10-6-11-18(14-17)22-20(24)16-8-4-3-5-9-16/h3-15H,1-2H3,(H,22,24). The van der Waals surface area contributed by atoms with Crippen molar-refractivity contribution in [2.24, 2.45) is 0 Å². The van der Waals surface area contributed by atoms with Crippen molar-refractivity contribution < 1.29 is 14.0 Å². The number of nitrogens with zero attached hydrogens (tertiary/aromatic N) is 1. The predicted molar refractivity (Wildman–Crippen MR) is 100 cm³/mol. The smallest absolute Gasteiger partial charge is 0.289 e. The number of hydrogen-bond donors (Lipinski definition) is 1. The van der Waals surface area contributed by atoms with Gasteiger partial charge in [-0.3, -0.25) is 9.59 Å². The third-order valence-electron chi connectivity index (χ3n) is 4.30. The zero-order chi connectivity index (χ0) is 18.5. The van der Waals surface area contributed by atoms with Crippen molar-refractivity contribution in [1.29, 1.82) is 0 Å². The molecule has 2 amide bonds. The summed E-state index contributed by atoms with van der Waals surface area (Å²) in [6.45, 7) is 1.93. The summed E-state index contributed by atoms with van der Waals surface area (Å²) in [5.74, 6) is -0.0653. The van der Waals surface area contributed by atoms with E-state index in [-0.39, 0.29) is 17.9 Å². The third kappa shape index (κ3) is 3.83. The van der Waals surface area contributed by atoms with Gasteiger partial charge >= 0.3 is 0 Å². The Labute approximate surface area is 152 Å². The van der Waals surface area contributed by atoms with E-state index in [1.165, 1.54) is 6.26 Å². The van der Waals surface area contributed by atoms with Gasteiger partial charge in [-0.2, -0.15) is 0 Å². The molecular formula is C21H20N2O3. The Bertz CT molecular complexity index is 889. The molecule has 132 valence electrons. The molecule has 0 saturated carbocycles. The number of nitrogens with one attached hydrogen (secondary N) is 1. The van der Waals surface area contributed by atoms with Crippen LogP contribution in [0.4, 0.5) is 5.69 Å². The first-order chi connectivity index (χ1) is 12.6. The molecule has 0 fully saturated rings. The SMILES string of the molecule is CC(c1cccc(NC(=O)c2ccccc2)c1)N(C)C(=O)c1ccco1. The second kappa shape index (κ2) is 7.70. The Morgan fingerprint density at radius 2 is 1.77 bits per heavy atom. The van der Waals surface area contributed by atoms with Crippen LogP contribution in [0.15, 0.2) is 77.4 Å². The summed E-state index contributed by atoms with van der Waals surface area (Å²) in [6, 6.07) is 19.7. The molecule has 0 aliphatic heterocycles. The Hall–Kier alpha value is -3.34. The summed E-state index contributed by atoms with van der Waals surface area (Å²) in [4.78, 5) is 26.3. The number of amides is 2. The summed E-state index contributed by atoms with van der Waals surface area (Å²) in [7, 11) is 1.73. The molecule has 1 unspecified atom stereocenters. The Kier molecular flexibility index (Phi) is 5.17. The van der Waals surface area contributed by atoms with Crippen LogP contribution in [0.2, 0.25) is 0 Å². The van der Waals surface area contributed by atoms with E-state index in [1.807, 2.05) is 49.4 Å². The number of hydrogen-bond acceptors (Lipinski definition) is 3. The molecule has 0 spiro atoms.